The summed E-state index contributed by atoms with van der Waals surface area (Å²) in [5, 5.41) is 0.290. The maximum Gasteiger partial charge on any atom is 0.339 e. The first kappa shape index (κ1) is 27.2. The van der Waals surface area contributed by atoms with Crippen molar-refractivity contribution >= 4 is 40.7 Å². The topological polar surface area (TPSA) is 83.0 Å². The lowest BCUT2D eigenvalue weighted by molar-refractivity contribution is 0.0601. The van der Waals surface area contributed by atoms with Crippen LogP contribution in [-0.2, 0) is 11.2 Å². The van der Waals surface area contributed by atoms with Gasteiger partial charge in [0.15, 0.2) is 4.80 Å². The molecule has 7 rings (SSSR count). The number of furan rings is 1. The minimum absolute atomic E-state index is 0.150. The van der Waals surface area contributed by atoms with E-state index in [0.29, 0.717) is 31.4 Å². The van der Waals surface area contributed by atoms with Gasteiger partial charge in [-0.2, -0.15) is 0 Å². The van der Waals surface area contributed by atoms with Crippen molar-refractivity contribution in [3.63, 3.8) is 0 Å². The van der Waals surface area contributed by atoms with Crippen LogP contribution in [0.2, 0.25) is 5.02 Å². The molecule has 0 saturated heterocycles. The monoisotopic (exact) mass is 608 g/mol. The van der Waals surface area contributed by atoms with Gasteiger partial charge in [-0.25, -0.2) is 9.79 Å². The lowest BCUT2D eigenvalue weighted by Gasteiger charge is -2.31. The fourth-order valence-electron chi connectivity index (χ4n) is 5.85. The summed E-state index contributed by atoms with van der Waals surface area (Å²) in [6.45, 7) is 0. The number of fused-ring (bicyclic) bond motifs is 3. The lowest BCUT2D eigenvalue weighted by atomic mass is 9.83. The van der Waals surface area contributed by atoms with Crippen LogP contribution in [0.15, 0.2) is 98.6 Å². The summed E-state index contributed by atoms with van der Waals surface area (Å²) in [5.74, 6) is 1.21. The molecule has 0 spiro atoms. The first-order valence-electron chi connectivity index (χ1n) is 13.7. The van der Waals surface area contributed by atoms with E-state index < -0.39 is 5.97 Å². The average Bonchev–Trinajstić information content (AvgIpc) is 3.63. The third kappa shape index (κ3) is 4.63. The van der Waals surface area contributed by atoms with E-state index in [-0.39, 0.29) is 17.2 Å². The second-order valence-electron chi connectivity index (χ2n) is 10.2. The third-order valence-electron chi connectivity index (χ3n) is 7.86. The molecule has 0 saturated carbocycles. The first-order chi connectivity index (χ1) is 21.0. The standard InChI is InChI=1S/C34H25ClN2O5S/c1-40-28-10-6-5-9-23(28)31-24-14-11-19-7-3-4-8-22(19)30(24)36-34-37(31)32(38)29(43-34)18-21-13-16-27(42-21)20-12-15-26(35)25(17-20)33(39)41-2/h3-10,12-13,15-18,31H,11,14H2,1-2H3/b29-18+/t31-/m1/s1. The van der Waals surface area contributed by atoms with Crippen LogP contribution < -0.4 is 19.6 Å². The zero-order valence-corrected chi connectivity index (χ0v) is 24.9. The quantitative estimate of drug-likeness (QED) is 0.228. The van der Waals surface area contributed by atoms with Crippen LogP contribution in [0.5, 0.6) is 5.75 Å². The molecule has 5 aromatic rings. The van der Waals surface area contributed by atoms with Crippen LogP contribution in [-0.4, -0.2) is 24.8 Å². The molecule has 43 heavy (non-hydrogen) atoms. The molecule has 7 nitrogen and oxygen atoms in total. The van der Waals surface area contributed by atoms with Gasteiger partial charge in [-0.05, 0) is 60.4 Å². The van der Waals surface area contributed by atoms with Crippen molar-refractivity contribution < 1.29 is 18.7 Å². The van der Waals surface area contributed by atoms with Gasteiger partial charge in [0.2, 0.25) is 0 Å². The Bertz CT molecular complexity index is 2140. The third-order valence-corrected chi connectivity index (χ3v) is 9.18. The van der Waals surface area contributed by atoms with Crippen LogP contribution in [0.1, 0.15) is 45.3 Å². The van der Waals surface area contributed by atoms with Gasteiger partial charge >= 0.3 is 5.97 Å². The van der Waals surface area contributed by atoms with E-state index in [1.54, 1.807) is 48.1 Å². The molecule has 0 amide bonds. The fourth-order valence-corrected chi connectivity index (χ4v) is 7.03. The summed E-state index contributed by atoms with van der Waals surface area (Å²) in [6, 6.07) is 24.4. The molecule has 2 aromatic heterocycles. The summed E-state index contributed by atoms with van der Waals surface area (Å²) in [4.78, 5) is 31.9. The number of benzene rings is 3. The number of halogens is 1. The van der Waals surface area contributed by atoms with Crippen LogP contribution in [0.25, 0.3) is 23.1 Å². The molecule has 214 valence electrons. The Morgan fingerprint density at radius 1 is 1.05 bits per heavy atom. The van der Waals surface area contributed by atoms with Crippen molar-refractivity contribution in [1.29, 1.82) is 0 Å². The van der Waals surface area contributed by atoms with Gasteiger partial charge in [0.1, 0.15) is 17.3 Å². The van der Waals surface area contributed by atoms with E-state index in [1.165, 1.54) is 24.0 Å². The number of carbonyl (C=O) groups is 1. The zero-order valence-electron chi connectivity index (χ0n) is 23.3. The highest BCUT2D eigenvalue weighted by Crippen LogP contribution is 2.43. The van der Waals surface area contributed by atoms with E-state index in [2.05, 4.69) is 18.2 Å². The number of carbonyl (C=O) groups excluding carboxylic acids is 1. The smallest absolute Gasteiger partial charge is 0.339 e. The SMILES string of the molecule is COC(=O)c1cc(-c2ccc(/C=c3/sc4n(c3=O)[C@H](c3ccccc3OC)C3=C(N=4)c4ccccc4CC3)o2)ccc1Cl. The number of hydrogen-bond acceptors (Lipinski definition) is 7. The fraction of sp³-hybridized carbons (Fsp3) is 0.147. The van der Waals surface area contributed by atoms with Gasteiger partial charge in [-0.1, -0.05) is 65.4 Å². The van der Waals surface area contributed by atoms with E-state index in [0.717, 1.165) is 41.0 Å². The van der Waals surface area contributed by atoms with Crippen LogP contribution >= 0.6 is 22.9 Å². The Labute approximate surface area is 255 Å². The molecule has 0 unspecified atom stereocenters. The van der Waals surface area contributed by atoms with Gasteiger partial charge in [0.05, 0.1) is 41.1 Å². The van der Waals surface area contributed by atoms with Crippen molar-refractivity contribution in [2.75, 3.05) is 14.2 Å². The molecule has 0 N–H and O–H groups in total. The van der Waals surface area contributed by atoms with Gasteiger partial charge in [0, 0.05) is 22.8 Å². The molecule has 1 aliphatic heterocycles. The predicted molar refractivity (Wildman–Crippen MR) is 166 cm³/mol. The molecular formula is C34H25ClN2O5S. The molecule has 0 fully saturated rings. The number of hydrogen-bond donors (Lipinski definition) is 0. The van der Waals surface area contributed by atoms with E-state index in [1.807, 2.05) is 30.3 Å². The Hall–Kier alpha value is -4.66. The van der Waals surface area contributed by atoms with Gasteiger partial charge in [0.25, 0.3) is 5.56 Å². The highest BCUT2D eigenvalue weighted by atomic mass is 35.5. The molecule has 1 aliphatic carbocycles. The molecule has 0 radical (unpaired) electrons. The number of methoxy groups -OCH3 is 2. The number of esters is 1. The highest BCUT2D eigenvalue weighted by Gasteiger charge is 2.34. The number of nitrogens with zero attached hydrogens (tertiary/aromatic N) is 2. The van der Waals surface area contributed by atoms with Crippen molar-refractivity contribution in [3.8, 4) is 17.1 Å². The predicted octanol–water partition coefficient (Wildman–Crippen LogP) is 6.03. The van der Waals surface area contributed by atoms with Crippen LogP contribution in [0, 0.1) is 0 Å². The normalized spacial score (nSPS) is 15.8. The Balaban J connectivity index is 1.37. The van der Waals surface area contributed by atoms with Gasteiger partial charge < -0.3 is 13.9 Å². The maximum atomic E-state index is 14.1. The van der Waals surface area contributed by atoms with E-state index in [4.69, 9.17) is 30.5 Å². The maximum absolute atomic E-state index is 14.1. The molecule has 2 aliphatic rings. The summed E-state index contributed by atoms with van der Waals surface area (Å²) in [5.41, 5.74) is 6.06. The van der Waals surface area contributed by atoms with Gasteiger partial charge in [-0.15, -0.1) is 0 Å². The molecule has 0 bridgehead atoms. The number of aryl methyl sites for hydroxylation is 1. The number of rotatable bonds is 5. The second kappa shape index (κ2) is 10.9. The van der Waals surface area contributed by atoms with Crippen LogP contribution in [0.3, 0.4) is 0 Å². The summed E-state index contributed by atoms with van der Waals surface area (Å²) in [6.07, 6.45) is 3.40. The molecule has 9 heteroatoms. The minimum Gasteiger partial charge on any atom is -0.496 e. The molecule has 3 aromatic carbocycles. The highest BCUT2D eigenvalue weighted by molar-refractivity contribution is 7.07. The number of allylic oxidation sites excluding steroid dienone is 1. The molecule has 1 atom stereocenters. The van der Waals surface area contributed by atoms with Crippen LogP contribution in [0.4, 0.5) is 0 Å². The minimum atomic E-state index is -0.533. The Morgan fingerprint density at radius 2 is 1.86 bits per heavy atom. The van der Waals surface area contributed by atoms with Gasteiger partial charge in [-0.3, -0.25) is 9.36 Å². The number of para-hydroxylation sites is 1. The van der Waals surface area contributed by atoms with Crippen molar-refractivity contribution in [2.24, 2.45) is 4.99 Å². The summed E-state index contributed by atoms with van der Waals surface area (Å²) < 4.78 is 19.0. The largest absolute Gasteiger partial charge is 0.496 e. The van der Waals surface area contributed by atoms with E-state index >= 15 is 0 Å². The summed E-state index contributed by atoms with van der Waals surface area (Å²) in [7, 11) is 2.96. The second-order valence-corrected chi connectivity index (χ2v) is 11.7. The number of aromatic nitrogens is 1. The summed E-state index contributed by atoms with van der Waals surface area (Å²) >= 11 is 7.52. The Morgan fingerprint density at radius 3 is 2.70 bits per heavy atom. The number of ether oxygens (including phenoxy) is 2. The Kier molecular flexibility index (Phi) is 6.88. The average molecular weight is 609 g/mol. The van der Waals surface area contributed by atoms with E-state index in [9.17, 15) is 9.59 Å². The van der Waals surface area contributed by atoms with Crippen molar-refractivity contribution in [1.82, 2.24) is 4.57 Å². The first-order valence-corrected chi connectivity index (χ1v) is 14.9. The zero-order chi connectivity index (χ0) is 29.7. The molecule has 3 heterocycles. The number of thiazole rings is 1. The molecular weight excluding hydrogens is 584 g/mol. The lowest BCUT2D eigenvalue weighted by Crippen LogP contribution is -2.38. The van der Waals surface area contributed by atoms with Crippen molar-refractivity contribution in [2.45, 2.75) is 18.9 Å². The van der Waals surface area contributed by atoms with Crippen molar-refractivity contribution in [3.05, 3.63) is 137 Å².